The Morgan fingerprint density at radius 3 is 3.00 bits per heavy atom. The number of thiophene rings is 1. The molecule has 0 radical (unpaired) electrons. The lowest BCUT2D eigenvalue weighted by Crippen LogP contribution is -2.02. The van der Waals surface area contributed by atoms with Crippen molar-refractivity contribution < 1.29 is 5.11 Å². The van der Waals surface area contributed by atoms with E-state index in [9.17, 15) is 0 Å². The first kappa shape index (κ1) is 11.1. The van der Waals surface area contributed by atoms with Crippen molar-refractivity contribution in [3.05, 3.63) is 45.9 Å². The third-order valence-corrected chi connectivity index (χ3v) is 3.51. The first-order valence-corrected chi connectivity index (χ1v) is 6.00. The molecule has 0 amide bonds. The highest BCUT2D eigenvalue weighted by atomic mass is 32.1. The van der Waals surface area contributed by atoms with Crippen molar-refractivity contribution in [3.8, 4) is 0 Å². The average Bonchev–Trinajstić information content (AvgIpc) is 2.72. The average molecular weight is 234 g/mol. The van der Waals surface area contributed by atoms with Gasteiger partial charge in [0.25, 0.3) is 0 Å². The predicted molar refractivity (Wildman–Crippen MR) is 66.5 cm³/mol. The van der Waals surface area contributed by atoms with Crippen LogP contribution in [0.4, 0.5) is 5.69 Å². The minimum absolute atomic E-state index is 0.0360. The molecular weight excluding hydrogens is 220 g/mol. The SMILES string of the molecule is Cc1ccsc1CNc1cnccc1CO. The maximum atomic E-state index is 9.17. The quantitative estimate of drug-likeness (QED) is 0.854. The standard InChI is InChI=1S/C12H14N2OS/c1-9-3-5-16-12(9)7-14-11-6-13-4-2-10(11)8-15/h2-6,14-15H,7-8H2,1H3. The Hall–Kier alpha value is -1.39. The molecule has 0 aliphatic rings. The third-order valence-electron chi connectivity index (χ3n) is 2.49. The molecule has 16 heavy (non-hydrogen) atoms. The topological polar surface area (TPSA) is 45.2 Å². The molecule has 2 rings (SSSR count). The van der Waals surface area contributed by atoms with Crippen LogP contribution < -0.4 is 5.32 Å². The van der Waals surface area contributed by atoms with Crippen LogP contribution >= 0.6 is 11.3 Å². The van der Waals surface area contributed by atoms with Crippen LogP contribution in [0.3, 0.4) is 0 Å². The van der Waals surface area contributed by atoms with Crippen molar-refractivity contribution in [1.82, 2.24) is 4.98 Å². The number of nitrogens with one attached hydrogen (secondary N) is 1. The first-order chi connectivity index (χ1) is 7.81. The van der Waals surface area contributed by atoms with Crippen molar-refractivity contribution in [2.24, 2.45) is 0 Å². The molecule has 0 bridgehead atoms. The second-order valence-corrected chi connectivity index (χ2v) is 4.57. The van der Waals surface area contributed by atoms with Gasteiger partial charge in [0, 0.05) is 23.2 Å². The van der Waals surface area contributed by atoms with Gasteiger partial charge in [-0.1, -0.05) is 0 Å². The molecule has 0 fully saturated rings. The Labute approximate surface area is 98.8 Å². The molecule has 4 heteroatoms. The van der Waals surface area contributed by atoms with Gasteiger partial charge in [0.15, 0.2) is 0 Å². The Bertz CT molecular complexity index is 468. The maximum Gasteiger partial charge on any atom is 0.0703 e. The fraction of sp³-hybridized carbons (Fsp3) is 0.250. The Morgan fingerprint density at radius 2 is 2.31 bits per heavy atom. The second kappa shape index (κ2) is 5.09. The van der Waals surface area contributed by atoms with E-state index in [-0.39, 0.29) is 6.61 Å². The van der Waals surface area contributed by atoms with Gasteiger partial charge in [-0.05, 0) is 30.0 Å². The van der Waals surface area contributed by atoms with Crippen LogP contribution in [0, 0.1) is 6.92 Å². The number of hydrogen-bond donors (Lipinski definition) is 2. The van der Waals surface area contributed by atoms with Crippen LogP contribution in [-0.4, -0.2) is 10.1 Å². The van der Waals surface area contributed by atoms with E-state index in [1.165, 1.54) is 10.4 Å². The molecule has 0 atom stereocenters. The zero-order valence-electron chi connectivity index (χ0n) is 9.10. The molecule has 0 aliphatic carbocycles. The summed E-state index contributed by atoms with van der Waals surface area (Å²) < 4.78 is 0. The molecule has 0 aliphatic heterocycles. The van der Waals surface area contributed by atoms with Gasteiger partial charge in [-0.2, -0.15) is 0 Å². The highest BCUT2D eigenvalue weighted by molar-refractivity contribution is 7.10. The summed E-state index contributed by atoms with van der Waals surface area (Å²) in [6.07, 6.45) is 3.43. The minimum Gasteiger partial charge on any atom is -0.392 e. The number of aryl methyl sites for hydroxylation is 1. The van der Waals surface area contributed by atoms with Gasteiger partial charge in [0.2, 0.25) is 0 Å². The summed E-state index contributed by atoms with van der Waals surface area (Å²) in [5.74, 6) is 0. The van der Waals surface area contributed by atoms with Crippen LogP contribution in [0.15, 0.2) is 29.9 Å². The Morgan fingerprint density at radius 1 is 1.44 bits per heavy atom. The summed E-state index contributed by atoms with van der Waals surface area (Å²) in [4.78, 5) is 5.36. The molecule has 2 aromatic heterocycles. The number of aliphatic hydroxyl groups is 1. The molecular formula is C12H14N2OS. The van der Waals surface area contributed by atoms with Gasteiger partial charge in [-0.3, -0.25) is 4.98 Å². The minimum atomic E-state index is 0.0360. The summed E-state index contributed by atoms with van der Waals surface area (Å²) in [5.41, 5.74) is 3.08. The molecule has 0 saturated heterocycles. The van der Waals surface area contributed by atoms with Gasteiger partial charge in [0.1, 0.15) is 0 Å². The third kappa shape index (κ3) is 2.40. The lowest BCUT2D eigenvalue weighted by molar-refractivity contribution is 0.282. The normalized spacial score (nSPS) is 10.4. The zero-order chi connectivity index (χ0) is 11.4. The lowest BCUT2D eigenvalue weighted by atomic mass is 10.2. The van der Waals surface area contributed by atoms with Crippen molar-refractivity contribution in [1.29, 1.82) is 0 Å². The fourth-order valence-electron chi connectivity index (χ4n) is 1.48. The molecule has 2 aromatic rings. The molecule has 0 aromatic carbocycles. The highest BCUT2D eigenvalue weighted by Crippen LogP contribution is 2.19. The molecule has 2 heterocycles. The van der Waals surface area contributed by atoms with Gasteiger partial charge < -0.3 is 10.4 Å². The molecule has 3 nitrogen and oxygen atoms in total. The summed E-state index contributed by atoms with van der Waals surface area (Å²) >= 11 is 1.74. The number of pyridine rings is 1. The van der Waals surface area contributed by atoms with Crippen LogP contribution in [0.2, 0.25) is 0 Å². The molecule has 0 saturated carbocycles. The van der Waals surface area contributed by atoms with E-state index in [4.69, 9.17) is 5.11 Å². The smallest absolute Gasteiger partial charge is 0.0703 e. The van der Waals surface area contributed by atoms with Crippen molar-refractivity contribution >= 4 is 17.0 Å². The summed E-state index contributed by atoms with van der Waals surface area (Å²) in [6.45, 7) is 2.92. The monoisotopic (exact) mass is 234 g/mol. The number of anilines is 1. The van der Waals surface area contributed by atoms with E-state index < -0.39 is 0 Å². The van der Waals surface area contributed by atoms with Crippen LogP contribution in [0.1, 0.15) is 16.0 Å². The van der Waals surface area contributed by atoms with Gasteiger partial charge in [-0.25, -0.2) is 0 Å². The Balaban J connectivity index is 2.07. The summed E-state index contributed by atoms with van der Waals surface area (Å²) in [5, 5.41) is 14.5. The number of hydrogen-bond acceptors (Lipinski definition) is 4. The first-order valence-electron chi connectivity index (χ1n) is 5.12. The van der Waals surface area contributed by atoms with E-state index >= 15 is 0 Å². The predicted octanol–water partition coefficient (Wildman–Crippen LogP) is 2.56. The van der Waals surface area contributed by atoms with Crippen LogP contribution in [0.25, 0.3) is 0 Å². The van der Waals surface area contributed by atoms with E-state index in [0.717, 1.165) is 17.8 Å². The fourth-order valence-corrected chi connectivity index (χ4v) is 2.33. The number of aliphatic hydroxyl groups excluding tert-OH is 1. The van der Waals surface area contributed by atoms with Crippen molar-refractivity contribution in [3.63, 3.8) is 0 Å². The van der Waals surface area contributed by atoms with E-state index in [0.29, 0.717) is 0 Å². The molecule has 84 valence electrons. The van der Waals surface area contributed by atoms with Gasteiger partial charge in [0.05, 0.1) is 18.5 Å². The van der Waals surface area contributed by atoms with Crippen LogP contribution in [0.5, 0.6) is 0 Å². The number of nitrogens with zero attached hydrogens (tertiary/aromatic N) is 1. The largest absolute Gasteiger partial charge is 0.392 e. The maximum absolute atomic E-state index is 9.17. The number of rotatable bonds is 4. The zero-order valence-corrected chi connectivity index (χ0v) is 9.92. The molecule has 2 N–H and O–H groups in total. The van der Waals surface area contributed by atoms with E-state index in [1.54, 1.807) is 23.7 Å². The number of aromatic nitrogens is 1. The van der Waals surface area contributed by atoms with Crippen molar-refractivity contribution in [2.75, 3.05) is 5.32 Å². The lowest BCUT2D eigenvalue weighted by Gasteiger charge is -2.09. The Kier molecular flexibility index (Phi) is 3.54. The molecule has 0 spiro atoms. The van der Waals surface area contributed by atoms with Crippen molar-refractivity contribution in [2.45, 2.75) is 20.1 Å². The molecule has 0 unspecified atom stereocenters. The van der Waals surface area contributed by atoms with Gasteiger partial charge >= 0.3 is 0 Å². The van der Waals surface area contributed by atoms with Gasteiger partial charge in [-0.15, -0.1) is 11.3 Å². The highest BCUT2D eigenvalue weighted by Gasteiger charge is 2.03. The summed E-state index contributed by atoms with van der Waals surface area (Å²) in [6, 6.07) is 3.93. The van der Waals surface area contributed by atoms with E-state index in [2.05, 4.69) is 28.7 Å². The van der Waals surface area contributed by atoms with E-state index in [1.807, 2.05) is 6.07 Å². The van der Waals surface area contributed by atoms with Crippen LogP contribution in [-0.2, 0) is 13.2 Å². The second-order valence-electron chi connectivity index (χ2n) is 3.57. The summed E-state index contributed by atoms with van der Waals surface area (Å²) in [7, 11) is 0.